The van der Waals surface area contributed by atoms with Crippen LogP contribution in [0.15, 0.2) is 0 Å². The lowest BCUT2D eigenvalue weighted by atomic mass is 10.3. The van der Waals surface area contributed by atoms with Crippen molar-refractivity contribution in [2.24, 2.45) is 5.73 Å². The van der Waals surface area contributed by atoms with Crippen LogP contribution >= 0.6 is 12.2 Å². The Balaban J connectivity index is 3.47. The summed E-state index contributed by atoms with van der Waals surface area (Å²) < 4.78 is 23.6. The molecule has 0 aliphatic carbocycles. The molecule has 0 rings (SSSR count). The zero-order valence-corrected chi connectivity index (χ0v) is 10.1. The molecule has 6 nitrogen and oxygen atoms in total. The summed E-state index contributed by atoms with van der Waals surface area (Å²) in [6.07, 6.45) is 1.63. The largest absolute Gasteiger partial charge is 0.393 e. The normalized spacial score (nSPS) is 11.0. The van der Waals surface area contributed by atoms with E-state index in [1.807, 2.05) is 0 Å². The van der Waals surface area contributed by atoms with Crippen molar-refractivity contribution in [2.45, 2.75) is 12.8 Å². The SMILES string of the molecule is CS(=O)(=O)NCCCNC(=O)CC(N)=S. The molecule has 0 fully saturated rings. The summed E-state index contributed by atoms with van der Waals surface area (Å²) in [5.41, 5.74) is 5.16. The van der Waals surface area contributed by atoms with Crippen LogP contribution in [0.5, 0.6) is 0 Å². The van der Waals surface area contributed by atoms with Gasteiger partial charge in [-0.1, -0.05) is 12.2 Å². The summed E-state index contributed by atoms with van der Waals surface area (Å²) in [7, 11) is -3.15. The lowest BCUT2D eigenvalue weighted by molar-refractivity contribution is -0.119. The molecule has 0 unspecified atom stereocenters. The number of hydrogen-bond donors (Lipinski definition) is 3. The smallest absolute Gasteiger partial charge is 0.226 e. The monoisotopic (exact) mass is 253 g/mol. The molecule has 0 bridgehead atoms. The molecule has 4 N–H and O–H groups in total. The average Bonchev–Trinajstić information content (AvgIpc) is 1.99. The number of hydrogen-bond acceptors (Lipinski definition) is 4. The fraction of sp³-hybridized carbons (Fsp3) is 0.714. The molecular weight excluding hydrogens is 238 g/mol. The number of nitrogens with two attached hydrogens (primary N) is 1. The molecule has 0 aliphatic heterocycles. The molecule has 0 saturated heterocycles. The fourth-order valence-electron chi connectivity index (χ4n) is 0.795. The Labute approximate surface area is 94.6 Å². The van der Waals surface area contributed by atoms with Crippen LogP contribution in [-0.2, 0) is 14.8 Å². The predicted molar refractivity (Wildman–Crippen MR) is 61.9 cm³/mol. The van der Waals surface area contributed by atoms with Crippen molar-refractivity contribution in [2.75, 3.05) is 19.3 Å². The first-order chi connectivity index (χ1) is 6.81. The first kappa shape index (κ1) is 14.3. The van der Waals surface area contributed by atoms with Gasteiger partial charge in [-0.25, -0.2) is 13.1 Å². The first-order valence-electron chi connectivity index (χ1n) is 4.31. The molecule has 0 aliphatic rings. The molecule has 8 heteroatoms. The van der Waals surface area contributed by atoms with Crippen molar-refractivity contribution in [1.29, 1.82) is 0 Å². The van der Waals surface area contributed by atoms with E-state index in [4.69, 9.17) is 5.73 Å². The maximum atomic E-state index is 11.0. The Bertz CT molecular complexity index is 326. The molecule has 0 aromatic carbocycles. The Kier molecular flexibility index (Phi) is 6.37. The van der Waals surface area contributed by atoms with Crippen LogP contribution in [0.4, 0.5) is 0 Å². The molecule has 0 heterocycles. The van der Waals surface area contributed by atoms with Crippen LogP contribution < -0.4 is 15.8 Å². The van der Waals surface area contributed by atoms with Crippen LogP contribution in [0.25, 0.3) is 0 Å². The quantitative estimate of drug-likeness (QED) is 0.387. The molecule has 15 heavy (non-hydrogen) atoms. The Morgan fingerprint density at radius 3 is 2.47 bits per heavy atom. The van der Waals surface area contributed by atoms with Gasteiger partial charge in [0.25, 0.3) is 0 Å². The van der Waals surface area contributed by atoms with Crippen LogP contribution in [-0.4, -0.2) is 38.7 Å². The molecule has 1 amide bonds. The molecule has 0 atom stereocenters. The van der Waals surface area contributed by atoms with Crippen molar-refractivity contribution in [3.63, 3.8) is 0 Å². The van der Waals surface area contributed by atoms with Gasteiger partial charge in [0.15, 0.2) is 0 Å². The summed E-state index contributed by atoms with van der Waals surface area (Å²) >= 11 is 4.55. The molecule has 0 radical (unpaired) electrons. The minimum atomic E-state index is -3.15. The summed E-state index contributed by atoms with van der Waals surface area (Å²) in [5, 5.41) is 2.56. The van der Waals surface area contributed by atoms with Gasteiger partial charge in [-0.05, 0) is 6.42 Å². The van der Waals surface area contributed by atoms with Gasteiger partial charge in [0.2, 0.25) is 15.9 Å². The van der Waals surface area contributed by atoms with E-state index in [0.29, 0.717) is 19.5 Å². The number of carbonyl (C=O) groups is 1. The van der Waals surface area contributed by atoms with Crippen LogP contribution in [0.2, 0.25) is 0 Å². The standard InChI is InChI=1S/C7H15N3O3S2/c1-15(12,13)10-4-2-3-9-7(11)5-6(8)14/h10H,2-5H2,1H3,(H2,8,14)(H,9,11). The van der Waals surface area contributed by atoms with E-state index >= 15 is 0 Å². The predicted octanol–water partition coefficient (Wildman–Crippen LogP) is -1.28. The third-order valence-corrected chi connectivity index (χ3v) is 2.25. The number of carbonyl (C=O) groups excluding carboxylic acids is 1. The zero-order chi connectivity index (χ0) is 11.9. The lowest BCUT2D eigenvalue weighted by Gasteiger charge is -2.04. The topological polar surface area (TPSA) is 101 Å². The van der Waals surface area contributed by atoms with E-state index in [-0.39, 0.29) is 17.3 Å². The first-order valence-corrected chi connectivity index (χ1v) is 6.61. The Morgan fingerprint density at radius 1 is 1.40 bits per heavy atom. The van der Waals surface area contributed by atoms with Gasteiger partial charge in [0.1, 0.15) is 0 Å². The summed E-state index contributed by atoms with van der Waals surface area (Å²) in [6, 6.07) is 0. The highest BCUT2D eigenvalue weighted by molar-refractivity contribution is 7.88. The summed E-state index contributed by atoms with van der Waals surface area (Å²) in [5.74, 6) is -0.248. The van der Waals surface area contributed by atoms with Gasteiger partial charge in [-0.2, -0.15) is 0 Å². The van der Waals surface area contributed by atoms with E-state index < -0.39 is 10.0 Å². The van der Waals surface area contributed by atoms with Crippen LogP contribution in [0.1, 0.15) is 12.8 Å². The van der Waals surface area contributed by atoms with Crippen molar-refractivity contribution in [3.05, 3.63) is 0 Å². The maximum absolute atomic E-state index is 11.0. The van der Waals surface area contributed by atoms with Crippen molar-refractivity contribution >= 4 is 33.1 Å². The fourth-order valence-corrected chi connectivity index (χ4v) is 1.44. The van der Waals surface area contributed by atoms with E-state index in [9.17, 15) is 13.2 Å². The minimum absolute atomic E-state index is 0.0227. The highest BCUT2D eigenvalue weighted by atomic mass is 32.2. The third kappa shape index (κ3) is 11.2. The second kappa shape index (κ2) is 6.70. The summed E-state index contributed by atoms with van der Waals surface area (Å²) in [6.45, 7) is 0.691. The van der Waals surface area contributed by atoms with Crippen molar-refractivity contribution in [1.82, 2.24) is 10.0 Å². The molecule has 0 saturated carbocycles. The van der Waals surface area contributed by atoms with E-state index in [1.54, 1.807) is 0 Å². The van der Waals surface area contributed by atoms with Gasteiger partial charge in [-0.3, -0.25) is 4.79 Å². The number of thiocarbonyl (C=S) groups is 1. The minimum Gasteiger partial charge on any atom is -0.393 e. The van der Waals surface area contributed by atoms with Gasteiger partial charge in [0, 0.05) is 13.1 Å². The maximum Gasteiger partial charge on any atom is 0.226 e. The van der Waals surface area contributed by atoms with Gasteiger partial charge >= 0.3 is 0 Å². The summed E-state index contributed by atoms with van der Waals surface area (Å²) in [4.78, 5) is 11.1. The number of amides is 1. The second-order valence-electron chi connectivity index (χ2n) is 3.01. The van der Waals surface area contributed by atoms with E-state index in [0.717, 1.165) is 6.26 Å². The molecule has 0 aromatic heterocycles. The zero-order valence-electron chi connectivity index (χ0n) is 8.45. The second-order valence-corrected chi connectivity index (χ2v) is 5.37. The van der Waals surface area contributed by atoms with Crippen molar-refractivity contribution in [3.8, 4) is 0 Å². The Hall–Kier alpha value is -0.730. The highest BCUT2D eigenvalue weighted by Gasteiger charge is 2.02. The lowest BCUT2D eigenvalue weighted by Crippen LogP contribution is -2.31. The van der Waals surface area contributed by atoms with Crippen LogP contribution in [0, 0.1) is 0 Å². The molecule has 0 spiro atoms. The van der Waals surface area contributed by atoms with E-state index in [1.165, 1.54) is 0 Å². The van der Waals surface area contributed by atoms with E-state index in [2.05, 4.69) is 22.3 Å². The average molecular weight is 253 g/mol. The van der Waals surface area contributed by atoms with Gasteiger partial charge in [0.05, 0.1) is 17.7 Å². The highest BCUT2D eigenvalue weighted by Crippen LogP contribution is 1.82. The van der Waals surface area contributed by atoms with Crippen LogP contribution in [0.3, 0.4) is 0 Å². The molecule has 88 valence electrons. The number of rotatable bonds is 7. The van der Waals surface area contributed by atoms with Crippen molar-refractivity contribution < 1.29 is 13.2 Å². The van der Waals surface area contributed by atoms with Gasteiger partial charge in [-0.15, -0.1) is 0 Å². The van der Waals surface area contributed by atoms with Gasteiger partial charge < -0.3 is 11.1 Å². The molecular formula is C7H15N3O3S2. The Morgan fingerprint density at radius 2 is 2.00 bits per heavy atom. The molecule has 0 aromatic rings. The number of sulfonamides is 1. The number of nitrogens with one attached hydrogen (secondary N) is 2. The third-order valence-electron chi connectivity index (χ3n) is 1.37.